The maximum absolute atomic E-state index is 12.3. The van der Waals surface area contributed by atoms with Crippen molar-refractivity contribution in [3.8, 4) is 5.75 Å². The van der Waals surface area contributed by atoms with Gasteiger partial charge in [-0.2, -0.15) is 8.42 Å². The average molecular weight is 392 g/mol. The van der Waals surface area contributed by atoms with Gasteiger partial charge in [-0.1, -0.05) is 17.7 Å². The van der Waals surface area contributed by atoms with Crippen molar-refractivity contribution in [1.82, 2.24) is 0 Å². The summed E-state index contributed by atoms with van der Waals surface area (Å²) in [6.07, 6.45) is 0. The molecule has 0 amide bonds. The van der Waals surface area contributed by atoms with Crippen LogP contribution in [0.4, 0.5) is 0 Å². The summed E-state index contributed by atoms with van der Waals surface area (Å²) >= 11 is 0. The first-order chi connectivity index (χ1) is 12.6. The van der Waals surface area contributed by atoms with Crippen LogP contribution in [0.2, 0.25) is 0 Å². The molecular weight excluding hydrogens is 372 g/mol. The highest BCUT2D eigenvalue weighted by atomic mass is 32.2. The number of carbonyl (C=O) groups excluding carboxylic acids is 2. The van der Waals surface area contributed by atoms with Crippen molar-refractivity contribution in [3.63, 3.8) is 0 Å². The number of benzene rings is 2. The monoisotopic (exact) mass is 392 g/mol. The number of carbonyl (C=O) groups is 2. The number of aryl methyl sites for hydroxylation is 3. The fraction of sp³-hybridized carbons (Fsp3) is 0.263. The second kappa shape index (κ2) is 8.32. The molecule has 144 valence electrons. The Morgan fingerprint density at radius 2 is 1.41 bits per heavy atom. The lowest BCUT2D eigenvalue weighted by Gasteiger charge is -2.12. The van der Waals surface area contributed by atoms with E-state index in [4.69, 9.17) is 14.0 Å². The lowest BCUT2D eigenvalue weighted by molar-refractivity contribution is 0.0527. The minimum atomic E-state index is -4.20. The van der Waals surface area contributed by atoms with Crippen molar-refractivity contribution >= 4 is 22.1 Å². The predicted molar refractivity (Wildman–Crippen MR) is 98.8 cm³/mol. The molecule has 0 radical (unpaired) electrons. The first-order valence-electron chi connectivity index (χ1n) is 8.09. The summed E-state index contributed by atoms with van der Waals surface area (Å²) < 4.78 is 40.0. The van der Waals surface area contributed by atoms with Crippen LogP contribution in [-0.4, -0.2) is 37.3 Å². The van der Waals surface area contributed by atoms with Gasteiger partial charge in [0.15, 0.2) is 0 Å². The summed E-state index contributed by atoms with van der Waals surface area (Å²) in [6.45, 7) is 5.20. The highest BCUT2D eigenvalue weighted by molar-refractivity contribution is 7.85. The highest BCUT2D eigenvalue weighted by Gasteiger charge is 2.15. The van der Waals surface area contributed by atoms with Crippen LogP contribution in [-0.2, 0) is 14.9 Å². The quantitative estimate of drug-likeness (QED) is 0.457. The molecule has 0 bridgehead atoms. The van der Waals surface area contributed by atoms with E-state index >= 15 is 0 Å². The minimum absolute atomic E-state index is 0.143. The van der Waals surface area contributed by atoms with Crippen molar-refractivity contribution in [1.29, 1.82) is 0 Å². The molecular formula is C19H20O7S. The molecule has 0 aliphatic carbocycles. The Bertz CT molecular complexity index is 937. The Hall–Kier alpha value is -2.71. The first-order valence-corrected chi connectivity index (χ1v) is 9.70. The average Bonchev–Trinajstić information content (AvgIpc) is 2.56. The van der Waals surface area contributed by atoms with Gasteiger partial charge in [0.2, 0.25) is 0 Å². The molecule has 2 aromatic rings. The van der Waals surface area contributed by atoms with Crippen LogP contribution in [0.1, 0.15) is 37.4 Å². The van der Waals surface area contributed by atoms with E-state index in [-0.39, 0.29) is 11.1 Å². The number of hydrogen-bond donors (Lipinski definition) is 1. The Kier molecular flexibility index (Phi) is 6.35. The first kappa shape index (κ1) is 20.6. The summed E-state index contributed by atoms with van der Waals surface area (Å²) in [5.41, 5.74) is 3.16. The summed E-state index contributed by atoms with van der Waals surface area (Å²) in [4.78, 5) is 24.1. The lowest BCUT2D eigenvalue weighted by Crippen LogP contribution is -2.15. The molecule has 0 atom stereocenters. The van der Waals surface area contributed by atoms with Crippen LogP contribution < -0.4 is 4.74 Å². The van der Waals surface area contributed by atoms with Gasteiger partial charge in [-0.3, -0.25) is 4.55 Å². The van der Waals surface area contributed by atoms with Gasteiger partial charge in [0, 0.05) is 0 Å². The van der Waals surface area contributed by atoms with E-state index in [2.05, 4.69) is 0 Å². The molecule has 0 aliphatic heterocycles. The van der Waals surface area contributed by atoms with Crippen LogP contribution in [0.5, 0.6) is 5.75 Å². The van der Waals surface area contributed by atoms with Crippen LogP contribution in [0.15, 0.2) is 36.4 Å². The van der Waals surface area contributed by atoms with Crippen LogP contribution >= 0.6 is 0 Å². The van der Waals surface area contributed by atoms with E-state index in [1.54, 1.807) is 0 Å². The molecule has 0 saturated heterocycles. The van der Waals surface area contributed by atoms with Gasteiger partial charge in [0.25, 0.3) is 10.1 Å². The normalized spacial score (nSPS) is 11.1. The molecule has 0 aromatic heterocycles. The van der Waals surface area contributed by atoms with Crippen molar-refractivity contribution in [2.75, 3.05) is 12.4 Å². The predicted octanol–water partition coefficient (Wildman–Crippen LogP) is 2.88. The Morgan fingerprint density at radius 3 is 1.89 bits per heavy atom. The third kappa shape index (κ3) is 5.90. The highest BCUT2D eigenvalue weighted by Crippen LogP contribution is 2.25. The van der Waals surface area contributed by atoms with Gasteiger partial charge < -0.3 is 9.47 Å². The summed E-state index contributed by atoms with van der Waals surface area (Å²) in [6, 6.07) is 9.42. The van der Waals surface area contributed by atoms with Crippen LogP contribution in [0.3, 0.4) is 0 Å². The zero-order chi connectivity index (χ0) is 20.2. The van der Waals surface area contributed by atoms with Gasteiger partial charge >= 0.3 is 11.9 Å². The van der Waals surface area contributed by atoms with E-state index in [0.29, 0.717) is 5.75 Å². The zero-order valence-corrected chi connectivity index (χ0v) is 16.0. The van der Waals surface area contributed by atoms with Crippen molar-refractivity contribution in [3.05, 3.63) is 64.2 Å². The number of esters is 2. The van der Waals surface area contributed by atoms with Crippen molar-refractivity contribution < 1.29 is 32.0 Å². The third-order valence-electron chi connectivity index (χ3n) is 3.73. The summed E-state index contributed by atoms with van der Waals surface area (Å²) in [5.74, 6) is -1.50. The molecule has 2 aromatic carbocycles. The second-order valence-corrected chi connectivity index (χ2v) is 7.69. The molecule has 7 nitrogen and oxygen atoms in total. The van der Waals surface area contributed by atoms with Gasteiger partial charge in [-0.05, 0) is 56.2 Å². The van der Waals surface area contributed by atoms with Crippen molar-refractivity contribution in [2.24, 2.45) is 0 Å². The molecule has 0 saturated carbocycles. The van der Waals surface area contributed by atoms with E-state index in [1.165, 1.54) is 24.3 Å². The number of hydrogen-bond acceptors (Lipinski definition) is 6. The summed E-state index contributed by atoms with van der Waals surface area (Å²) in [5, 5.41) is 0. The van der Waals surface area contributed by atoms with Crippen molar-refractivity contribution in [2.45, 2.75) is 20.8 Å². The molecule has 27 heavy (non-hydrogen) atoms. The maximum Gasteiger partial charge on any atom is 0.343 e. The molecule has 8 heteroatoms. The maximum atomic E-state index is 12.3. The van der Waals surface area contributed by atoms with Crippen LogP contribution in [0.25, 0.3) is 0 Å². The SMILES string of the molecule is Cc1cc(C)c(OC(=O)c2ccc(C(=O)OCCS(=O)(=O)O)cc2)c(C)c1. The zero-order valence-electron chi connectivity index (χ0n) is 15.2. The Morgan fingerprint density at radius 1 is 0.926 bits per heavy atom. The minimum Gasteiger partial charge on any atom is -0.461 e. The van der Waals surface area contributed by atoms with E-state index < -0.39 is 34.4 Å². The topological polar surface area (TPSA) is 107 Å². The molecule has 0 spiro atoms. The molecule has 0 unspecified atom stereocenters. The Balaban J connectivity index is 2.04. The van der Waals surface area contributed by atoms with Crippen LogP contribution in [0, 0.1) is 20.8 Å². The summed E-state index contributed by atoms with van der Waals surface area (Å²) in [7, 11) is -4.20. The molecule has 2 rings (SSSR count). The lowest BCUT2D eigenvalue weighted by atomic mass is 10.1. The number of rotatable bonds is 6. The molecule has 0 aliphatic rings. The van der Waals surface area contributed by atoms with E-state index in [0.717, 1.165) is 16.7 Å². The molecule has 0 heterocycles. The molecule has 0 fully saturated rings. The van der Waals surface area contributed by atoms with Gasteiger partial charge in [0.05, 0.1) is 11.1 Å². The largest absolute Gasteiger partial charge is 0.461 e. The van der Waals surface area contributed by atoms with Gasteiger partial charge in [0.1, 0.15) is 18.1 Å². The van der Waals surface area contributed by atoms with E-state index in [9.17, 15) is 18.0 Å². The number of ether oxygens (including phenoxy) is 2. The Labute approximate surface area is 157 Å². The van der Waals surface area contributed by atoms with E-state index in [1.807, 2.05) is 32.9 Å². The molecule has 1 N–H and O–H groups in total. The fourth-order valence-electron chi connectivity index (χ4n) is 2.54. The third-order valence-corrected chi connectivity index (χ3v) is 4.41. The van der Waals surface area contributed by atoms with Gasteiger partial charge in [-0.15, -0.1) is 0 Å². The second-order valence-electron chi connectivity index (χ2n) is 6.12. The standard InChI is InChI=1S/C19H20O7S/c1-12-10-13(2)17(14(3)11-12)26-19(21)16-6-4-15(5-7-16)18(20)25-8-9-27(22,23)24/h4-7,10-11H,8-9H2,1-3H3,(H,22,23,24). The van der Waals surface area contributed by atoms with Gasteiger partial charge in [-0.25, -0.2) is 9.59 Å². The smallest absolute Gasteiger partial charge is 0.343 e. The fourth-order valence-corrected chi connectivity index (χ4v) is 2.84.